The molecule has 0 fully saturated rings. The summed E-state index contributed by atoms with van der Waals surface area (Å²) in [4.78, 5) is 11.7. The predicted octanol–water partition coefficient (Wildman–Crippen LogP) is 4.38. The van der Waals surface area contributed by atoms with E-state index in [4.69, 9.17) is 10.2 Å². The van der Waals surface area contributed by atoms with E-state index in [2.05, 4.69) is 15.0 Å². The Kier molecular flexibility index (Phi) is 4.12. The fraction of sp³-hybridized carbons (Fsp3) is 0.267. The van der Waals surface area contributed by atoms with E-state index >= 15 is 0 Å². The Labute approximate surface area is 139 Å². The van der Waals surface area contributed by atoms with E-state index in [0.29, 0.717) is 17.3 Å². The topological polar surface area (TPSA) is 77.8 Å². The van der Waals surface area contributed by atoms with Crippen molar-refractivity contribution < 1.29 is 17.6 Å². The molecule has 0 aliphatic heterocycles. The Bertz CT molecular complexity index is 894. The third kappa shape index (κ3) is 3.30. The van der Waals surface area contributed by atoms with Crippen molar-refractivity contribution in [1.82, 2.24) is 15.0 Å². The molecule has 3 aromatic heterocycles. The first kappa shape index (κ1) is 16.6. The van der Waals surface area contributed by atoms with Crippen molar-refractivity contribution in [2.75, 3.05) is 5.73 Å². The Morgan fingerprint density at radius 2 is 2.00 bits per heavy atom. The maximum Gasteiger partial charge on any atom is 0.433 e. The molecule has 0 unspecified atom stereocenters. The molecule has 0 bridgehead atoms. The number of aromatic nitrogens is 3. The highest BCUT2D eigenvalue weighted by atomic mass is 32.2. The summed E-state index contributed by atoms with van der Waals surface area (Å²) < 4.78 is 43.8. The van der Waals surface area contributed by atoms with Crippen LogP contribution in [-0.2, 0) is 6.18 Å². The Hall–Kier alpha value is -2.29. The van der Waals surface area contributed by atoms with Gasteiger partial charge in [0.15, 0.2) is 16.4 Å². The van der Waals surface area contributed by atoms with E-state index in [-0.39, 0.29) is 16.2 Å². The van der Waals surface area contributed by atoms with Gasteiger partial charge in [-0.2, -0.15) is 13.2 Å². The number of furan rings is 1. The Morgan fingerprint density at radius 3 is 2.71 bits per heavy atom. The van der Waals surface area contributed by atoms with Gasteiger partial charge in [0.2, 0.25) is 0 Å². The number of nitrogens with zero attached hydrogens (tertiary/aromatic N) is 3. The van der Waals surface area contributed by atoms with Gasteiger partial charge in [-0.3, -0.25) is 4.98 Å². The van der Waals surface area contributed by atoms with Crippen LogP contribution in [0.1, 0.15) is 29.1 Å². The number of hydrogen-bond donors (Lipinski definition) is 1. The summed E-state index contributed by atoms with van der Waals surface area (Å²) in [6, 6.07) is 2.57. The first-order valence-electron chi connectivity index (χ1n) is 6.96. The van der Waals surface area contributed by atoms with Crippen LogP contribution in [0.5, 0.6) is 0 Å². The van der Waals surface area contributed by atoms with Crippen molar-refractivity contribution in [3.63, 3.8) is 0 Å². The second-order valence-electron chi connectivity index (χ2n) is 5.24. The molecule has 0 saturated heterocycles. The highest BCUT2D eigenvalue weighted by molar-refractivity contribution is 7.99. The molecular formula is C15H13F3N4OS. The zero-order valence-electron chi connectivity index (χ0n) is 12.8. The van der Waals surface area contributed by atoms with Crippen LogP contribution in [-0.4, -0.2) is 15.0 Å². The lowest BCUT2D eigenvalue weighted by molar-refractivity contribution is -0.141. The molecule has 0 aromatic carbocycles. The molecule has 9 heteroatoms. The normalized spacial score (nSPS) is 13.4. The van der Waals surface area contributed by atoms with E-state index in [9.17, 15) is 13.2 Å². The van der Waals surface area contributed by atoms with E-state index < -0.39 is 11.9 Å². The Balaban J connectivity index is 1.89. The van der Waals surface area contributed by atoms with Crippen LogP contribution in [0.4, 0.5) is 19.0 Å². The summed E-state index contributed by atoms with van der Waals surface area (Å²) in [5.74, 6) is -0.221. The highest BCUT2D eigenvalue weighted by Crippen LogP contribution is 2.36. The number of anilines is 1. The SMILES string of the molecule is Cc1coc2cnc([C@H](C)Sc3nc(N)cc(C(F)(F)F)n3)cc12. The molecule has 0 radical (unpaired) electrons. The van der Waals surface area contributed by atoms with Crippen LogP contribution < -0.4 is 5.73 Å². The van der Waals surface area contributed by atoms with Gasteiger partial charge in [0.25, 0.3) is 0 Å². The molecule has 0 aliphatic rings. The fourth-order valence-corrected chi connectivity index (χ4v) is 3.03. The molecule has 0 spiro atoms. The van der Waals surface area contributed by atoms with E-state index in [1.165, 1.54) is 0 Å². The van der Waals surface area contributed by atoms with Crippen molar-refractivity contribution in [1.29, 1.82) is 0 Å². The molecule has 2 N–H and O–H groups in total. The molecule has 5 nitrogen and oxygen atoms in total. The van der Waals surface area contributed by atoms with Crippen molar-refractivity contribution >= 4 is 28.5 Å². The second kappa shape index (κ2) is 5.97. The minimum Gasteiger partial charge on any atom is -0.462 e. The number of nitrogens with two attached hydrogens (primary N) is 1. The maximum absolute atomic E-state index is 12.8. The second-order valence-corrected chi connectivity index (χ2v) is 6.55. The number of rotatable bonds is 3. The van der Waals surface area contributed by atoms with Crippen LogP contribution >= 0.6 is 11.8 Å². The zero-order valence-corrected chi connectivity index (χ0v) is 13.6. The van der Waals surface area contributed by atoms with Gasteiger partial charge in [0.05, 0.1) is 23.4 Å². The van der Waals surface area contributed by atoms with Gasteiger partial charge in [0, 0.05) is 11.5 Å². The average Bonchev–Trinajstić information content (AvgIpc) is 2.86. The number of aryl methyl sites for hydroxylation is 1. The molecule has 0 aliphatic carbocycles. The summed E-state index contributed by atoms with van der Waals surface area (Å²) in [5.41, 5.74) is 6.72. The zero-order chi connectivity index (χ0) is 17.5. The van der Waals surface area contributed by atoms with E-state index in [0.717, 1.165) is 22.7 Å². The van der Waals surface area contributed by atoms with Crippen molar-refractivity contribution in [3.05, 3.63) is 41.5 Å². The number of pyridine rings is 1. The lowest BCUT2D eigenvalue weighted by Gasteiger charge is -2.12. The third-order valence-corrected chi connectivity index (χ3v) is 4.38. The van der Waals surface area contributed by atoms with Crippen LogP contribution in [0.25, 0.3) is 11.0 Å². The quantitative estimate of drug-likeness (QED) is 0.555. The Morgan fingerprint density at radius 1 is 1.25 bits per heavy atom. The molecule has 24 heavy (non-hydrogen) atoms. The number of alkyl halides is 3. The minimum atomic E-state index is -4.57. The summed E-state index contributed by atoms with van der Waals surface area (Å²) in [7, 11) is 0. The molecule has 3 aromatic rings. The van der Waals surface area contributed by atoms with E-state index in [1.54, 1.807) is 12.5 Å². The summed E-state index contributed by atoms with van der Waals surface area (Å²) in [5, 5.41) is 0.615. The highest BCUT2D eigenvalue weighted by Gasteiger charge is 2.33. The summed E-state index contributed by atoms with van der Waals surface area (Å²) >= 11 is 1.06. The first-order valence-corrected chi connectivity index (χ1v) is 7.84. The van der Waals surface area contributed by atoms with Gasteiger partial charge in [-0.25, -0.2) is 9.97 Å². The predicted molar refractivity (Wildman–Crippen MR) is 84.5 cm³/mol. The fourth-order valence-electron chi connectivity index (χ4n) is 2.16. The van der Waals surface area contributed by atoms with Crippen LogP contribution in [0.15, 0.2) is 34.2 Å². The number of hydrogen-bond acceptors (Lipinski definition) is 6. The molecule has 126 valence electrons. The van der Waals surface area contributed by atoms with Crippen molar-refractivity contribution in [2.24, 2.45) is 0 Å². The lowest BCUT2D eigenvalue weighted by atomic mass is 10.2. The molecule has 0 amide bonds. The van der Waals surface area contributed by atoms with Crippen LogP contribution in [0.2, 0.25) is 0 Å². The third-order valence-electron chi connectivity index (χ3n) is 3.39. The maximum atomic E-state index is 12.8. The number of fused-ring (bicyclic) bond motifs is 1. The van der Waals surface area contributed by atoms with Gasteiger partial charge in [-0.15, -0.1) is 0 Å². The van der Waals surface area contributed by atoms with Gasteiger partial charge >= 0.3 is 6.18 Å². The van der Waals surface area contributed by atoms with E-state index in [1.807, 2.05) is 19.9 Å². The lowest BCUT2D eigenvalue weighted by Crippen LogP contribution is -2.11. The number of halogens is 3. The molecule has 1 atom stereocenters. The number of nitrogen functional groups attached to an aromatic ring is 1. The van der Waals surface area contributed by atoms with Crippen LogP contribution in [0, 0.1) is 6.92 Å². The van der Waals surface area contributed by atoms with Crippen molar-refractivity contribution in [2.45, 2.75) is 30.4 Å². The average molecular weight is 354 g/mol. The van der Waals surface area contributed by atoms with Gasteiger partial charge in [-0.1, -0.05) is 11.8 Å². The summed E-state index contributed by atoms with van der Waals surface area (Å²) in [6.45, 7) is 3.72. The van der Waals surface area contributed by atoms with Gasteiger partial charge in [-0.05, 0) is 25.5 Å². The smallest absolute Gasteiger partial charge is 0.433 e. The summed E-state index contributed by atoms with van der Waals surface area (Å²) in [6.07, 6.45) is -1.35. The molecule has 3 heterocycles. The monoisotopic (exact) mass is 354 g/mol. The van der Waals surface area contributed by atoms with Gasteiger partial charge in [0.1, 0.15) is 5.82 Å². The van der Waals surface area contributed by atoms with Gasteiger partial charge < -0.3 is 10.2 Å². The van der Waals surface area contributed by atoms with Crippen molar-refractivity contribution in [3.8, 4) is 0 Å². The number of thioether (sulfide) groups is 1. The van der Waals surface area contributed by atoms with Crippen LogP contribution in [0.3, 0.4) is 0 Å². The minimum absolute atomic E-state index is 0.0411. The molecule has 3 rings (SSSR count). The largest absolute Gasteiger partial charge is 0.462 e. The molecule has 0 saturated carbocycles. The standard InChI is InChI=1S/C15H13F3N4OS/c1-7-6-23-11-5-20-10(3-9(7)11)8(2)24-14-21-12(15(16,17)18)4-13(19)22-14/h3-6,8H,1-2H3,(H2,19,21,22)/t8-/m0/s1. The molecular weight excluding hydrogens is 341 g/mol. The first-order chi connectivity index (χ1) is 11.2.